The fraction of sp³-hybridized carbons (Fsp3) is 0.600. The summed E-state index contributed by atoms with van der Waals surface area (Å²) in [5, 5.41) is 0. The van der Waals surface area contributed by atoms with E-state index < -0.39 is 0 Å². The van der Waals surface area contributed by atoms with Gasteiger partial charge in [0.2, 0.25) is 5.91 Å². The van der Waals surface area contributed by atoms with Gasteiger partial charge in [0.05, 0.1) is 12.2 Å². The number of nitrogens with zero attached hydrogens (tertiary/aromatic N) is 2. The van der Waals surface area contributed by atoms with E-state index in [1.165, 1.54) is 0 Å². The molecule has 0 bridgehead atoms. The lowest BCUT2D eigenvalue weighted by Crippen LogP contribution is -2.41. The number of carbonyl (C=O) groups excluding carboxylic acids is 1. The number of pyridine rings is 1. The van der Waals surface area contributed by atoms with Crippen molar-refractivity contribution in [2.24, 2.45) is 11.1 Å². The Balaban J connectivity index is 2.63. The van der Waals surface area contributed by atoms with Crippen molar-refractivity contribution in [2.45, 2.75) is 46.7 Å². The molecule has 1 aromatic heterocycles. The highest BCUT2D eigenvalue weighted by atomic mass is 16.2. The number of carbonyl (C=O) groups is 1. The first-order chi connectivity index (χ1) is 8.84. The van der Waals surface area contributed by atoms with Gasteiger partial charge in [-0.05, 0) is 24.5 Å². The number of aromatic nitrogens is 1. The largest absolute Gasteiger partial charge is 0.337 e. The minimum Gasteiger partial charge on any atom is -0.337 e. The average Bonchev–Trinajstić information content (AvgIpc) is 2.35. The Morgan fingerprint density at radius 2 is 2.11 bits per heavy atom. The fourth-order valence-electron chi connectivity index (χ4n) is 1.69. The Bertz CT molecular complexity index is 398. The van der Waals surface area contributed by atoms with Crippen LogP contribution in [0.25, 0.3) is 0 Å². The highest BCUT2D eigenvalue weighted by Gasteiger charge is 2.25. The fourth-order valence-corrected chi connectivity index (χ4v) is 1.69. The third-order valence-electron chi connectivity index (χ3n) is 3.32. The van der Waals surface area contributed by atoms with E-state index in [2.05, 4.69) is 25.8 Å². The smallest absolute Gasteiger partial charge is 0.224 e. The number of rotatable bonds is 5. The molecule has 0 saturated heterocycles. The van der Waals surface area contributed by atoms with Gasteiger partial charge in [-0.25, -0.2) is 0 Å². The minimum absolute atomic E-state index is 0.0555. The van der Waals surface area contributed by atoms with Gasteiger partial charge in [0.25, 0.3) is 0 Å². The topological polar surface area (TPSA) is 59.2 Å². The SMILES string of the molecule is CCN(Cc1ccccn1)C(=O)CC(N)C(C)(C)C. The standard InChI is InChI=1S/C15H25N3O/c1-5-18(11-12-8-6-7-9-17-12)14(19)10-13(16)15(2,3)4/h6-9,13H,5,10-11,16H2,1-4H3. The Kier molecular flexibility index (Phi) is 5.48. The predicted octanol–water partition coefficient (Wildman–Crippen LogP) is 2.19. The molecule has 0 aliphatic rings. The average molecular weight is 263 g/mol. The lowest BCUT2D eigenvalue weighted by atomic mass is 9.85. The van der Waals surface area contributed by atoms with Crippen molar-refractivity contribution in [1.29, 1.82) is 0 Å². The second-order valence-corrected chi connectivity index (χ2v) is 5.91. The van der Waals surface area contributed by atoms with Crippen molar-refractivity contribution >= 4 is 5.91 Å². The van der Waals surface area contributed by atoms with Crippen LogP contribution >= 0.6 is 0 Å². The first-order valence-electron chi connectivity index (χ1n) is 6.78. The first kappa shape index (κ1) is 15.6. The van der Waals surface area contributed by atoms with Gasteiger partial charge in [0, 0.05) is 25.2 Å². The van der Waals surface area contributed by atoms with Crippen LogP contribution in [-0.4, -0.2) is 28.4 Å². The van der Waals surface area contributed by atoms with Gasteiger partial charge in [-0.1, -0.05) is 26.8 Å². The van der Waals surface area contributed by atoms with Crippen LogP contribution in [0.3, 0.4) is 0 Å². The molecular formula is C15H25N3O. The number of nitrogens with two attached hydrogens (primary N) is 1. The lowest BCUT2D eigenvalue weighted by Gasteiger charge is -2.29. The lowest BCUT2D eigenvalue weighted by molar-refractivity contribution is -0.132. The molecule has 0 aliphatic heterocycles. The van der Waals surface area contributed by atoms with Crippen molar-refractivity contribution in [3.8, 4) is 0 Å². The molecule has 1 amide bonds. The summed E-state index contributed by atoms with van der Waals surface area (Å²) in [5.41, 5.74) is 6.92. The van der Waals surface area contributed by atoms with Crippen LogP contribution in [0, 0.1) is 5.41 Å². The zero-order valence-corrected chi connectivity index (χ0v) is 12.4. The van der Waals surface area contributed by atoms with Gasteiger partial charge in [0.15, 0.2) is 0 Å². The van der Waals surface area contributed by atoms with Crippen molar-refractivity contribution in [1.82, 2.24) is 9.88 Å². The second-order valence-electron chi connectivity index (χ2n) is 5.91. The predicted molar refractivity (Wildman–Crippen MR) is 77.4 cm³/mol. The van der Waals surface area contributed by atoms with E-state index >= 15 is 0 Å². The summed E-state index contributed by atoms with van der Waals surface area (Å²) in [6, 6.07) is 5.61. The monoisotopic (exact) mass is 263 g/mol. The molecule has 0 aliphatic carbocycles. The maximum absolute atomic E-state index is 12.3. The highest BCUT2D eigenvalue weighted by Crippen LogP contribution is 2.20. The molecule has 1 unspecified atom stereocenters. The Morgan fingerprint density at radius 3 is 2.58 bits per heavy atom. The van der Waals surface area contributed by atoms with Gasteiger partial charge in [0.1, 0.15) is 0 Å². The van der Waals surface area contributed by atoms with E-state index in [-0.39, 0.29) is 17.4 Å². The van der Waals surface area contributed by atoms with Crippen molar-refractivity contribution in [2.75, 3.05) is 6.54 Å². The summed E-state index contributed by atoms with van der Waals surface area (Å²) < 4.78 is 0. The number of hydrogen-bond donors (Lipinski definition) is 1. The summed E-state index contributed by atoms with van der Waals surface area (Å²) >= 11 is 0. The van der Waals surface area contributed by atoms with E-state index in [0.29, 0.717) is 19.5 Å². The van der Waals surface area contributed by atoms with Crippen LogP contribution in [0.4, 0.5) is 0 Å². The summed E-state index contributed by atoms with van der Waals surface area (Å²) in [5.74, 6) is 0.0931. The van der Waals surface area contributed by atoms with Gasteiger partial charge >= 0.3 is 0 Å². The van der Waals surface area contributed by atoms with Crippen LogP contribution in [-0.2, 0) is 11.3 Å². The van der Waals surface area contributed by atoms with Gasteiger partial charge < -0.3 is 10.6 Å². The molecule has 0 radical (unpaired) electrons. The molecule has 0 spiro atoms. The van der Waals surface area contributed by atoms with Gasteiger partial charge in [-0.3, -0.25) is 9.78 Å². The first-order valence-corrected chi connectivity index (χ1v) is 6.78. The second kappa shape index (κ2) is 6.66. The van der Waals surface area contributed by atoms with Crippen molar-refractivity contribution < 1.29 is 4.79 Å². The van der Waals surface area contributed by atoms with Gasteiger partial charge in [-0.15, -0.1) is 0 Å². The number of hydrogen-bond acceptors (Lipinski definition) is 3. The van der Waals surface area contributed by atoms with Crippen molar-refractivity contribution in [3.05, 3.63) is 30.1 Å². The molecular weight excluding hydrogens is 238 g/mol. The molecule has 0 aromatic carbocycles. The third kappa shape index (κ3) is 4.99. The molecule has 19 heavy (non-hydrogen) atoms. The van der Waals surface area contributed by atoms with E-state index in [1.807, 2.05) is 25.1 Å². The van der Waals surface area contributed by atoms with Crippen LogP contribution in [0.15, 0.2) is 24.4 Å². The Hall–Kier alpha value is -1.42. The van der Waals surface area contributed by atoms with E-state index in [0.717, 1.165) is 5.69 Å². The van der Waals surface area contributed by atoms with Gasteiger partial charge in [-0.2, -0.15) is 0 Å². The normalized spacial score (nSPS) is 13.1. The highest BCUT2D eigenvalue weighted by molar-refractivity contribution is 5.76. The molecule has 1 rings (SSSR count). The third-order valence-corrected chi connectivity index (χ3v) is 3.32. The maximum atomic E-state index is 12.3. The van der Waals surface area contributed by atoms with Crippen LogP contribution < -0.4 is 5.73 Å². The molecule has 4 nitrogen and oxygen atoms in total. The van der Waals surface area contributed by atoms with Crippen LogP contribution in [0.5, 0.6) is 0 Å². The molecule has 4 heteroatoms. The Morgan fingerprint density at radius 1 is 1.42 bits per heavy atom. The van der Waals surface area contributed by atoms with Crippen LogP contribution in [0.2, 0.25) is 0 Å². The zero-order valence-electron chi connectivity index (χ0n) is 12.4. The molecule has 1 heterocycles. The molecule has 0 saturated carbocycles. The zero-order chi connectivity index (χ0) is 14.5. The maximum Gasteiger partial charge on any atom is 0.224 e. The number of amides is 1. The summed E-state index contributed by atoms with van der Waals surface area (Å²) in [4.78, 5) is 18.3. The minimum atomic E-state index is -0.127. The molecule has 1 atom stereocenters. The van der Waals surface area contributed by atoms with E-state index in [4.69, 9.17) is 5.73 Å². The van der Waals surface area contributed by atoms with Crippen molar-refractivity contribution in [3.63, 3.8) is 0 Å². The van der Waals surface area contributed by atoms with E-state index in [1.54, 1.807) is 11.1 Å². The molecule has 2 N–H and O–H groups in total. The molecule has 0 fully saturated rings. The quantitative estimate of drug-likeness (QED) is 0.886. The summed E-state index contributed by atoms with van der Waals surface area (Å²) in [7, 11) is 0. The summed E-state index contributed by atoms with van der Waals surface area (Å²) in [6.07, 6.45) is 2.12. The summed E-state index contributed by atoms with van der Waals surface area (Å²) in [6.45, 7) is 9.36. The molecule has 106 valence electrons. The van der Waals surface area contributed by atoms with E-state index in [9.17, 15) is 4.79 Å². The Labute approximate surface area is 116 Å². The van der Waals surface area contributed by atoms with Crippen LogP contribution in [0.1, 0.15) is 39.8 Å². The molecule has 1 aromatic rings.